The molecule has 0 saturated heterocycles. The van der Waals surface area contributed by atoms with Crippen LogP contribution in [-0.2, 0) is 26.5 Å². The van der Waals surface area contributed by atoms with Gasteiger partial charge in [-0.15, -0.1) is 0 Å². The van der Waals surface area contributed by atoms with E-state index < -0.39 is 5.41 Å². The Kier molecular flexibility index (Phi) is 6.36. The van der Waals surface area contributed by atoms with E-state index >= 15 is 0 Å². The minimum atomic E-state index is -0.543. The van der Waals surface area contributed by atoms with Crippen LogP contribution in [0.1, 0.15) is 30.8 Å². The first-order valence-electron chi connectivity index (χ1n) is 11.5. The van der Waals surface area contributed by atoms with E-state index in [0.717, 1.165) is 22.4 Å². The molecule has 9 heteroatoms. The number of nitriles is 1. The fraction of sp³-hybridized carbons (Fsp3) is 0.103. The molecule has 0 atom stereocenters. The number of para-hydroxylation sites is 2. The molecule has 38 heavy (non-hydrogen) atoms. The van der Waals surface area contributed by atoms with Gasteiger partial charge in [-0.05, 0) is 42.5 Å². The number of fused-ring (bicyclic) bond motifs is 2. The topological polar surface area (TPSA) is 89.6 Å². The summed E-state index contributed by atoms with van der Waals surface area (Å²) in [6, 6.07) is 24.7. The summed E-state index contributed by atoms with van der Waals surface area (Å²) in [5, 5.41) is 9.41. The minimum Gasteiger partial charge on any atom is -0.413 e. The molecule has 0 spiro atoms. The second-order valence-corrected chi connectivity index (χ2v) is 9.02. The van der Waals surface area contributed by atoms with Crippen molar-refractivity contribution in [2.24, 2.45) is 0 Å². The fourth-order valence-corrected chi connectivity index (χ4v) is 4.40. The molecule has 0 saturated carbocycles. The summed E-state index contributed by atoms with van der Waals surface area (Å²) in [6.07, 6.45) is 5.96. The van der Waals surface area contributed by atoms with Crippen molar-refractivity contribution < 1.29 is 21.1 Å². The number of nitrogens with zero attached hydrogens (tertiary/aromatic N) is 8. The van der Waals surface area contributed by atoms with Gasteiger partial charge in [0.15, 0.2) is 5.69 Å². The van der Waals surface area contributed by atoms with Gasteiger partial charge >= 0.3 is 21.1 Å². The van der Waals surface area contributed by atoms with Crippen LogP contribution in [0.3, 0.4) is 0 Å². The standard InChI is InChI=1S/C29H18N8.Pt/c1-29(2,23-12-6-14-25(34-23)36-17-32-27-19(16-30)8-4-10-21(27)36)24-13-7-15-26(35-24)37-18-33-28-20(31-3)9-5-11-22(28)37;/h4-15H,1-2H3;/q-2;+2. The monoisotopic (exact) mass is 673 g/mol. The molecule has 2 aromatic carbocycles. The number of pyridine rings is 2. The van der Waals surface area contributed by atoms with Crippen molar-refractivity contribution in [3.05, 3.63) is 114 Å². The molecule has 0 bridgehead atoms. The molecule has 4 heterocycles. The third-order valence-electron chi connectivity index (χ3n) is 6.46. The number of benzene rings is 2. The van der Waals surface area contributed by atoms with Gasteiger partial charge in [-0.1, -0.05) is 66.2 Å². The van der Waals surface area contributed by atoms with Gasteiger partial charge in [0.25, 0.3) is 0 Å². The number of imidazole rings is 2. The van der Waals surface area contributed by atoms with E-state index in [4.69, 9.17) is 16.5 Å². The number of hydrogen-bond acceptors (Lipinski definition) is 5. The van der Waals surface area contributed by atoms with Gasteiger partial charge in [-0.3, -0.25) is 9.97 Å². The Bertz CT molecular complexity index is 1760. The zero-order valence-corrected chi connectivity index (χ0v) is 22.6. The van der Waals surface area contributed by atoms with Crippen LogP contribution < -0.4 is 0 Å². The molecular formula is C29H18N8Pt. The smallest absolute Gasteiger partial charge is 0.413 e. The summed E-state index contributed by atoms with van der Waals surface area (Å²) in [7, 11) is 0. The molecule has 0 N–H and O–H groups in total. The molecule has 0 radical (unpaired) electrons. The van der Waals surface area contributed by atoms with Gasteiger partial charge in [0, 0.05) is 35.0 Å². The van der Waals surface area contributed by atoms with Crippen LogP contribution in [-0.4, -0.2) is 29.1 Å². The molecular weight excluding hydrogens is 655 g/mol. The molecule has 0 aliphatic heterocycles. The molecule has 8 nitrogen and oxygen atoms in total. The van der Waals surface area contributed by atoms with Crippen LogP contribution in [0.5, 0.6) is 0 Å². The summed E-state index contributed by atoms with van der Waals surface area (Å²) >= 11 is 0. The second kappa shape index (κ2) is 9.67. The predicted molar refractivity (Wildman–Crippen MR) is 139 cm³/mol. The molecule has 0 unspecified atom stereocenters. The number of aromatic nitrogens is 6. The van der Waals surface area contributed by atoms with Crippen molar-refractivity contribution in [3.8, 4) is 17.7 Å². The van der Waals surface area contributed by atoms with E-state index in [1.165, 1.54) is 0 Å². The number of rotatable bonds is 4. The largest absolute Gasteiger partial charge is 2.00 e. The molecule has 0 amide bonds. The first-order chi connectivity index (χ1) is 18.0. The Hall–Kier alpha value is -4.65. The van der Waals surface area contributed by atoms with Crippen LogP contribution >= 0.6 is 0 Å². The quantitative estimate of drug-likeness (QED) is 0.231. The summed E-state index contributed by atoms with van der Waals surface area (Å²) in [6.45, 7) is 11.5. The van der Waals surface area contributed by atoms with Gasteiger partial charge < -0.3 is 19.1 Å². The predicted octanol–water partition coefficient (Wildman–Crippen LogP) is 5.50. The van der Waals surface area contributed by atoms with Crippen molar-refractivity contribution in [2.45, 2.75) is 19.3 Å². The van der Waals surface area contributed by atoms with Gasteiger partial charge in [0.05, 0.1) is 24.3 Å². The normalized spacial score (nSPS) is 11.2. The van der Waals surface area contributed by atoms with Crippen LogP contribution in [0.15, 0.2) is 72.8 Å². The third-order valence-corrected chi connectivity index (χ3v) is 6.46. The Balaban J connectivity index is 0.00000294. The van der Waals surface area contributed by atoms with Gasteiger partial charge in [-0.25, -0.2) is 4.85 Å². The van der Waals surface area contributed by atoms with E-state index in [9.17, 15) is 5.26 Å². The Labute approximate surface area is 233 Å². The van der Waals surface area contributed by atoms with E-state index in [2.05, 4.69) is 47.4 Å². The zero-order valence-electron chi connectivity index (χ0n) is 20.3. The Morgan fingerprint density at radius 3 is 1.89 bits per heavy atom. The van der Waals surface area contributed by atoms with Crippen molar-refractivity contribution in [1.82, 2.24) is 29.1 Å². The summed E-state index contributed by atoms with van der Waals surface area (Å²) in [5.41, 5.74) is 4.80. The first-order valence-corrected chi connectivity index (χ1v) is 11.5. The van der Waals surface area contributed by atoms with E-state index in [0.29, 0.717) is 33.9 Å². The van der Waals surface area contributed by atoms with Crippen LogP contribution in [0, 0.1) is 30.6 Å². The molecule has 0 fully saturated rings. The Morgan fingerprint density at radius 1 is 0.789 bits per heavy atom. The summed E-state index contributed by atoms with van der Waals surface area (Å²) in [4.78, 5) is 22.1. The molecule has 6 rings (SSSR count). The van der Waals surface area contributed by atoms with Crippen molar-refractivity contribution in [1.29, 1.82) is 5.26 Å². The zero-order chi connectivity index (χ0) is 25.6. The van der Waals surface area contributed by atoms with E-state index in [1.807, 2.05) is 60.7 Å². The average Bonchev–Trinajstić information content (AvgIpc) is 3.58. The molecule has 4 aromatic heterocycles. The van der Waals surface area contributed by atoms with Gasteiger partial charge in [0.2, 0.25) is 0 Å². The van der Waals surface area contributed by atoms with E-state index in [1.54, 1.807) is 21.3 Å². The molecule has 0 aliphatic carbocycles. The maximum atomic E-state index is 9.41. The summed E-state index contributed by atoms with van der Waals surface area (Å²) in [5.74, 6) is 1.31. The van der Waals surface area contributed by atoms with Crippen LogP contribution in [0.2, 0.25) is 0 Å². The second-order valence-electron chi connectivity index (χ2n) is 9.02. The maximum absolute atomic E-state index is 9.41. The minimum absolute atomic E-state index is 0. The van der Waals surface area contributed by atoms with E-state index in [-0.39, 0.29) is 21.1 Å². The molecule has 6 aromatic rings. The number of hydrogen-bond donors (Lipinski definition) is 0. The average molecular weight is 674 g/mol. The van der Waals surface area contributed by atoms with Gasteiger partial charge in [-0.2, -0.15) is 5.26 Å². The summed E-state index contributed by atoms with van der Waals surface area (Å²) < 4.78 is 3.54. The maximum Gasteiger partial charge on any atom is 2.00 e. The molecule has 0 aliphatic rings. The Morgan fingerprint density at radius 2 is 1.32 bits per heavy atom. The first kappa shape index (κ1) is 25.0. The SMILES string of the molecule is [C-]#[N+]c1cccc2c1n[c-]n2-c1cccc(C(C)(C)c2cccc(-n3[c-]nc4c(C#N)cccc43)n2)n1.[Pt+2]. The van der Waals surface area contributed by atoms with Crippen molar-refractivity contribution in [3.63, 3.8) is 0 Å². The fourth-order valence-electron chi connectivity index (χ4n) is 4.40. The van der Waals surface area contributed by atoms with Crippen LogP contribution in [0.4, 0.5) is 5.69 Å². The van der Waals surface area contributed by atoms with Crippen molar-refractivity contribution >= 4 is 27.8 Å². The molecule has 184 valence electrons. The van der Waals surface area contributed by atoms with Gasteiger partial charge in [0.1, 0.15) is 0 Å². The van der Waals surface area contributed by atoms with Crippen molar-refractivity contribution in [2.75, 3.05) is 0 Å². The van der Waals surface area contributed by atoms with Crippen LogP contribution in [0.25, 0.3) is 38.5 Å². The third kappa shape index (κ3) is 3.96.